The molecule has 1 aliphatic rings. The quantitative estimate of drug-likeness (QED) is 0.862. The van der Waals surface area contributed by atoms with Crippen LogP contribution >= 0.6 is 22.9 Å². The molecule has 0 saturated carbocycles. The molecule has 128 valence electrons. The van der Waals surface area contributed by atoms with Gasteiger partial charge in [-0.25, -0.2) is 0 Å². The number of piperidine rings is 1. The van der Waals surface area contributed by atoms with Crippen LogP contribution in [0.15, 0.2) is 12.1 Å². The van der Waals surface area contributed by atoms with Crippen molar-refractivity contribution in [2.75, 3.05) is 30.4 Å². The predicted octanol–water partition coefficient (Wildman–Crippen LogP) is 1.98. The number of halogens is 1. The van der Waals surface area contributed by atoms with Crippen molar-refractivity contribution in [3.8, 4) is 0 Å². The smallest absolute Gasteiger partial charge is 0.229 e. The average Bonchev–Trinajstić information content (AvgIpc) is 3.03. The topological polar surface area (TPSA) is 93.1 Å². The van der Waals surface area contributed by atoms with Crippen molar-refractivity contribution < 1.29 is 9.53 Å². The van der Waals surface area contributed by atoms with Gasteiger partial charge in [0, 0.05) is 26.1 Å². The van der Waals surface area contributed by atoms with Gasteiger partial charge in [0.15, 0.2) is 11.0 Å². The maximum absolute atomic E-state index is 12.4. The number of carbonyl (C=O) groups is 1. The Hall–Kier alpha value is -1.84. The summed E-state index contributed by atoms with van der Waals surface area (Å²) < 4.78 is 4.99. The molecule has 1 aliphatic heterocycles. The zero-order valence-electron chi connectivity index (χ0n) is 13.1. The van der Waals surface area contributed by atoms with Crippen LogP contribution in [0.5, 0.6) is 0 Å². The monoisotopic (exact) mass is 368 g/mol. The second kappa shape index (κ2) is 7.82. The van der Waals surface area contributed by atoms with E-state index in [0.717, 1.165) is 36.8 Å². The first-order chi connectivity index (χ1) is 11.7. The van der Waals surface area contributed by atoms with Gasteiger partial charge in [0.1, 0.15) is 11.6 Å². The molecule has 24 heavy (non-hydrogen) atoms. The number of rotatable bonds is 5. The van der Waals surface area contributed by atoms with Crippen LogP contribution in [0.4, 0.5) is 10.9 Å². The van der Waals surface area contributed by atoms with Gasteiger partial charge in [-0.3, -0.25) is 4.79 Å². The number of carbonyl (C=O) groups excluding carboxylic acids is 1. The van der Waals surface area contributed by atoms with E-state index in [1.165, 1.54) is 11.3 Å². The van der Waals surface area contributed by atoms with E-state index in [1.807, 2.05) is 6.07 Å². The minimum absolute atomic E-state index is 0.0167. The predicted molar refractivity (Wildman–Crippen MR) is 91.2 cm³/mol. The molecule has 0 bridgehead atoms. The molecule has 3 heterocycles. The number of hydrogen-bond donors (Lipinski definition) is 1. The van der Waals surface area contributed by atoms with E-state index in [-0.39, 0.29) is 11.8 Å². The van der Waals surface area contributed by atoms with Crippen molar-refractivity contribution in [2.45, 2.75) is 19.4 Å². The van der Waals surface area contributed by atoms with Crippen molar-refractivity contribution >= 4 is 39.8 Å². The molecule has 1 amide bonds. The first kappa shape index (κ1) is 17.0. The lowest BCUT2D eigenvalue weighted by Crippen LogP contribution is -2.38. The zero-order valence-corrected chi connectivity index (χ0v) is 14.7. The number of ether oxygens (including phenoxy) is 1. The summed E-state index contributed by atoms with van der Waals surface area (Å²) in [5, 5.41) is 20.3. The van der Waals surface area contributed by atoms with Gasteiger partial charge in [0.05, 0.1) is 0 Å². The van der Waals surface area contributed by atoms with Crippen LogP contribution in [0.2, 0.25) is 5.15 Å². The number of aromatic nitrogens is 4. The Bertz CT molecular complexity index is 687. The summed E-state index contributed by atoms with van der Waals surface area (Å²) in [6.07, 6.45) is 1.50. The largest absolute Gasteiger partial charge is 0.377 e. The Labute approximate surface area is 148 Å². The van der Waals surface area contributed by atoms with E-state index in [4.69, 9.17) is 16.3 Å². The molecule has 2 aromatic heterocycles. The normalized spacial score (nSPS) is 15.5. The zero-order chi connectivity index (χ0) is 16.9. The van der Waals surface area contributed by atoms with Crippen molar-refractivity contribution in [1.82, 2.24) is 20.4 Å². The molecular formula is C14H17ClN6O2S. The van der Waals surface area contributed by atoms with Gasteiger partial charge in [0.25, 0.3) is 0 Å². The second-order valence-corrected chi connectivity index (χ2v) is 6.85. The summed E-state index contributed by atoms with van der Waals surface area (Å²) in [6.45, 7) is 1.90. The number of methoxy groups -OCH3 is 1. The summed E-state index contributed by atoms with van der Waals surface area (Å²) in [5.41, 5.74) is 0. The third-order valence-corrected chi connectivity index (χ3v) is 4.79. The maximum atomic E-state index is 12.4. The molecule has 0 atom stereocenters. The fraction of sp³-hybridized carbons (Fsp3) is 0.500. The second-order valence-electron chi connectivity index (χ2n) is 5.40. The van der Waals surface area contributed by atoms with Crippen LogP contribution in [0.3, 0.4) is 0 Å². The highest BCUT2D eigenvalue weighted by atomic mass is 35.5. The minimum atomic E-state index is -0.0451. The van der Waals surface area contributed by atoms with Crippen LogP contribution in [0.1, 0.15) is 17.8 Å². The van der Waals surface area contributed by atoms with Crippen molar-refractivity contribution in [2.24, 2.45) is 5.92 Å². The molecule has 1 N–H and O–H groups in total. The number of hydrogen-bond acceptors (Lipinski definition) is 8. The molecule has 8 nitrogen and oxygen atoms in total. The molecule has 10 heteroatoms. The molecule has 1 fully saturated rings. The first-order valence-electron chi connectivity index (χ1n) is 7.52. The number of nitrogens with zero attached hydrogens (tertiary/aromatic N) is 5. The number of nitrogens with one attached hydrogen (secondary N) is 1. The number of amides is 1. The number of anilines is 2. The van der Waals surface area contributed by atoms with E-state index in [2.05, 4.69) is 30.6 Å². The molecule has 0 radical (unpaired) electrons. The summed E-state index contributed by atoms with van der Waals surface area (Å²) >= 11 is 7.08. The summed E-state index contributed by atoms with van der Waals surface area (Å²) in [5.74, 6) is 0.722. The third-order valence-electron chi connectivity index (χ3n) is 3.77. The van der Waals surface area contributed by atoms with Crippen LogP contribution in [0, 0.1) is 5.92 Å². The van der Waals surface area contributed by atoms with E-state index >= 15 is 0 Å². The molecule has 0 unspecified atom stereocenters. The van der Waals surface area contributed by atoms with Crippen molar-refractivity contribution in [3.05, 3.63) is 22.3 Å². The summed E-state index contributed by atoms with van der Waals surface area (Å²) in [7, 11) is 1.60. The SMILES string of the molecule is COCc1nnc(NC(=O)C2CCN(c3ccc(Cl)nn3)CC2)s1. The molecule has 0 spiro atoms. The van der Waals surface area contributed by atoms with Crippen LogP contribution in [0.25, 0.3) is 0 Å². The van der Waals surface area contributed by atoms with Gasteiger partial charge in [-0.1, -0.05) is 22.9 Å². The maximum Gasteiger partial charge on any atom is 0.229 e. The standard InChI is InChI=1S/C14H17ClN6O2S/c1-23-8-12-19-20-14(24-12)16-13(22)9-4-6-21(7-5-9)11-3-2-10(15)17-18-11/h2-3,9H,4-8H2,1H3,(H,16,20,22). The Morgan fingerprint density at radius 1 is 1.33 bits per heavy atom. The molecule has 0 aliphatic carbocycles. The lowest BCUT2D eigenvalue weighted by atomic mass is 9.96. The summed E-state index contributed by atoms with van der Waals surface area (Å²) in [6, 6.07) is 3.56. The Kier molecular flexibility index (Phi) is 5.54. The molecule has 0 aromatic carbocycles. The Morgan fingerprint density at radius 3 is 2.79 bits per heavy atom. The minimum Gasteiger partial charge on any atom is -0.377 e. The van der Waals surface area contributed by atoms with Gasteiger partial charge in [-0.2, -0.15) is 0 Å². The molecule has 1 saturated heterocycles. The van der Waals surface area contributed by atoms with Crippen LogP contribution < -0.4 is 10.2 Å². The van der Waals surface area contributed by atoms with E-state index < -0.39 is 0 Å². The lowest BCUT2D eigenvalue weighted by molar-refractivity contribution is -0.120. The van der Waals surface area contributed by atoms with Crippen LogP contribution in [-0.4, -0.2) is 46.5 Å². The molecule has 2 aromatic rings. The third kappa shape index (κ3) is 4.16. The molecule has 3 rings (SSSR count). The van der Waals surface area contributed by atoms with Crippen LogP contribution in [-0.2, 0) is 16.1 Å². The Morgan fingerprint density at radius 2 is 2.12 bits per heavy atom. The highest BCUT2D eigenvalue weighted by Crippen LogP contribution is 2.24. The fourth-order valence-electron chi connectivity index (χ4n) is 2.54. The van der Waals surface area contributed by atoms with Gasteiger partial charge in [-0.05, 0) is 25.0 Å². The van der Waals surface area contributed by atoms with Gasteiger partial charge >= 0.3 is 0 Å². The Balaban J connectivity index is 1.52. The van der Waals surface area contributed by atoms with Gasteiger partial charge in [0.2, 0.25) is 11.0 Å². The van der Waals surface area contributed by atoms with Gasteiger partial charge in [-0.15, -0.1) is 20.4 Å². The van der Waals surface area contributed by atoms with E-state index in [1.54, 1.807) is 13.2 Å². The van der Waals surface area contributed by atoms with Gasteiger partial charge < -0.3 is 15.0 Å². The average molecular weight is 369 g/mol. The van der Waals surface area contributed by atoms with Crippen molar-refractivity contribution in [3.63, 3.8) is 0 Å². The van der Waals surface area contributed by atoms with E-state index in [9.17, 15) is 4.79 Å². The lowest BCUT2D eigenvalue weighted by Gasteiger charge is -2.31. The molecular weight excluding hydrogens is 352 g/mol. The van der Waals surface area contributed by atoms with E-state index in [0.29, 0.717) is 16.9 Å². The van der Waals surface area contributed by atoms with Crippen molar-refractivity contribution in [1.29, 1.82) is 0 Å². The first-order valence-corrected chi connectivity index (χ1v) is 8.71. The highest BCUT2D eigenvalue weighted by Gasteiger charge is 2.26. The summed E-state index contributed by atoms with van der Waals surface area (Å²) in [4.78, 5) is 14.5. The highest BCUT2D eigenvalue weighted by molar-refractivity contribution is 7.15. The fourth-order valence-corrected chi connectivity index (χ4v) is 3.36.